The Labute approximate surface area is 88.2 Å². The monoisotopic (exact) mass is 199 g/mol. The second kappa shape index (κ2) is 6.38. The fourth-order valence-corrected chi connectivity index (χ4v) is 1.77. The Kier molecular flexibility index (Phi) is 5.45. The summed E-state index contributed by atoms with van der Waals surface area (Å²) in [5.74, 6) is 0. The molecule has 2 N–H and O–H groups in total. The number of rotatable bonds is 5. The average molecular weight is 199 g/mol. The third-order valence-electron chi connectivity index (χ3n) is 3.15. The van der Waals surface area contributed by atoms with Crippen molar-refractivity contribution in [2.75, 3.05) is 32.7 Å². The first-order valence-corrected chi connectivity index (χ1v) is 5.92. The van der Waals surface area contributed by atoms with Crippen LogP contribution in [0.5, 0.6) is 0 Å². The molecule has 0 radical (unpaired) electrons. The highest BCUT2D eigenvalue weighted by molar-refractivity contribution is 4.75. The standard InChI is InChI=1S/C11H25N3/c1-4-10(2)13-9-11(3)14-7-5-12-6-8-14/h10-13H,4-9H2,1-3H3. The maximum atomic E-state index is 3.57. The molecule has 0 amide bonds. The van der Waals surface area contributed by atoms with Crippen molar-refractivity contribution in [3.63, 3.8) is 0 Å². The summed E-state index contributed by atoms with van der Waals surface area (Å²) in [5, 5.41) is 6.95. The van der Waals surface area contributed by atoms with E-state index in [0.29, 0.717) is 12.1 Å². The summed E-state index contributed by atoms with van der Waals surface area (Å²) >= 11 is 0. The molecule has 2 atom stereocenters. The van der Waals surface area contributed by atoms with Gasteiger partial charge in [-0.3, -0.25) is 4.90 Å². The third kappa shape index (κ3) is 3.95. The van der Waals surface area contributed by atoms with Crippen molar-refractivity contribution in [2.24, 2.45) is 0 Å². The van der Waals surface area contributed by atoms with Gasteiger partial charge in [0.15, 0.2) is 0 Å². The molecule has 3 heteroatoms. The van der Waals surface area contributed by atoms with Crippen molar-refractivity contribution in [3.8, 4) is 0 Å². The maximum Gasteiger partial charge on any atom is 0.0193 e. The molecule has 14 heavy (non-hydrogen) atoms. The lowest BCUT2D eigenvalue weighted by molar-refractivity contribution is 0.178. The van der Waals surface area contributed by atoms with E-state index in [4.69, 9.17) is 0 Å². The van der Waals surface area contributed by atoms with Crippen LogP contribution >= 0.6 is 0 Å². The molecule has 1 heterocycles. The topological polar surface area (TPSA) is 27.3 Å². The minimum atomic E-state index is 0.653. The Hall–Kier alpha value is -0.120. The zero-order chi connectivity index (χ0) is 10.4. The number of nitrogens with zero attached hydrogens (tertiary/aromatic N) is 1. The summed E-state index contributed by atoms with van der Waals surface area (Å²) in [6.45, 7) is 12.6. The summed E-state index contributed by atoms with van der Waals surface area (Å²) in [4.78, 5) is 2.56. The number of nitrogens with one attached hydrogen (secondary N) is 2. The molecular formula is C11H25N3. The molecule has 1 saturated heterocycles. The van der Waals surface area contributed by atoms with Crippen LogP contribution < -0.4 is 10.6 Å². The first-order chi connectivity index (χ1) is 6.74. The van der Waals surface area contributed by atoms with E-state index in [0.717, 1.165) is 19.6 Å². The van der Waals surface area contributed by atoms with Crippen LogP contribution in [0, 0.1) is 0 Å². The number of hydrogen-bond donors (Lipinski definition) is 2. The minimum Gasteiger partial charge on any atom is -0.314 e. The van der Waals surface area contributed by atoms with E-state index in [1.165, 1.54) is 19.5 Å². The van der Waals surface area contributed by atoms with Gasteiger partial charge < -0.3 is 10.6 Å². The van der Waals surface area contributed by atoms with E-state index in [1.807, 2.05) is 0 Å². The Morgan fingerprint density at radius 2 is 1.93 bits per heavy atom. The largest absolute Gasteiger partial charge is 0.314 e. The Bertz CT molecular complexity index is 143. The van der Waals surface area contributed by atoms with Crippen LogP contribution in [0.1, 0.15) is 27.2 Å². The van der Waals surface area contributed by atoms with E-state index >= 15 is 0 Å². The highest BCUT2D eigenvalue weighted by Crippen LogP contribution is 2.00. The quantitative estimate of drug-likeness (QED) is 0.681. The maximum absolute atomic E-state index is 3.57. The van der Waals surface area contributed by atoms with Crippen molar-refractivity contribution in [3.05, 3.63) is 0 Å². The molecule has 0 spiro atoms. The lowest BCUT2D eigenvalue weighted by Gasteiger charge is -2.33. The van der Waals surface area contributed by atoms with Crippen LogP contribution in [0.25, 0.3) is 0 Å². The van der Waals surface area contributed by atoms with Crippen LogP contribution in [0.15, 0.2) is 0 Å². The Morgan fingerprint density at radius 1 is 1.29 bits per heavy atom. The van der Waals surface area contributed by atoms with Gasteiger partial charge in [0, 0.05) is 44.8 Å². The molecule has 1 rings (SSSR count). The minimum absolute atomic E-state index is 0.653. The van der Waals surface area contributed by atoms with Gasteiger partial charge in [-0.15, -0.1) is 0 Å². The van der Waals surface area contributed by atoms with Crippen molar-refractivity contribution in [2.45, 2.75) is 39.3 Å². The van der Waals surface area contributed by atoms with E-state index < -0.39 is 0 Å². The summed E-state index contributed by atoms with van der Waals surface area (Å²) in [6.07, 6.45) is 1.22. The fraction of sp³-hybridized carbons (Fsp3) is 1.00. The van der Waals surface area contributed by atoms with Gasteiger partial charge in [-0.25, -0.2) is 0 Å². The van der Waals surface area contributed by atoms with E-state index in [-0.39, 0.29) is 0 Å². The lowest BCUT2D eigenvalue weighted by Crippen LogP contribution is -2.51. The summed E-state index contributed by atoms with van der Waals surface area (Å²) in [6, 6.07) is 1.33. The molecule has 3 nitrogen and oxygen atoms in total. The third-order valence-corrected chi connectivity index (χ3v) is 3.15. The zero-order valence-electron chi connectivity index (χ0n) is 9.84. The molecule has 0 aromatic carbocycles. The van der Waals surface area contributed by atoms with E-state index in [9.17, 15) is 0 Å². The van der Waals surface area contributed by atoms with Crippen LogP contribution in [0.3, 0.4) is 0 Å². The number of piperazine rings is 1. The lowest BCUT2D eigenvalue weighted by atomic mass is 10.2. The molecule has 0 saturated carbocycles. The van der Waals surface area contributed by atoms with Gasteiger partial charge in [0.25, 0.3) is 0 Å². The van der Waals surface area contributed by atoms with Crippen LogP contribution in [-0.4, -0.2) is 49.7 Å². The van der Waals surface area contributed by atoms with Crippen LogP contribution in [0.2, 0.25) is 0 Å². The van der Waals surface area contributed by atoms with Crippen molar-refractivity contribution in [1.82, 2.24) is 15.5 Å². The van der Waals surface area contributed by atoms with Gasteiger partial charge in [0.2, 0.25) is 0 Å². The van der Waals surface area contributed by atoms with Gasteiger partial charge in [0.05, 0.1) is 0 Å². The van der Waals surface area contributed by atoms with Gasteiger partial charge in [-0.1, -0.05) is 6.92 Å². The molecular weight excluding hydrogens is 174 g/mol. The molecule has 0 aromatic heterocycles. The first-order valence-electron chi connectivity index (χ1n) is 5.92. The molecule has 1 fully saturated rings. The molecule has 84 valence electrons. The van der Waals surface area contributed by atoms with Gasteiger partial charge in [-0.2, -0.15) is 0 Å². The molecule has 0 aromatic rings. The molecule has 0 aliphatic carbocycles. The average Bonchev–Trinajstić information content (AvgIpc) is 2.26. The molecule has 1 aliphatic heterocycles. The summed E-state index contributed by atoms with van der Waals surface area (Å²) in [5.41, 5.74) is 0. The second-order valence-electron chi connectivity index (χ2n) is 4.35. The van der Waals surface area contributed by atoms with Crippen molar-refractivity contribution < 1.29 is 0 Å². The Balaban J connectivity index is 2.16. The molecule has 1 aliphatic rings. The van der Waals surface area contributed by atoms with Crippen LogP contribution in [-0.2, 0) is 0 Å². The summed E-state index contributed by atoms with van der Waals surface area (Å²) in [7, 11) is 0. The predicted octanol–water partition coefficient (Wildman–Crippen LogP) is 0.668. The normalized spacial score (nSPS) is 23.4. The van der Waals surface area contributed by atoms with Gasteiger partial charge in [0.1, 0.15) is 0 Å². The predicted molar refractivity (Wildman–Crippen MR) is 61.7 cm³/mol. The van der Waals surface area contributed by atoms with E-state index in [1.54, 1.807) is 0 Å². The fourth-order valence-electron chi connectivity index (χ4n) is 1.77. The highest BCUT2D eigenvalue weighted by Gasteiger charge is 2.15. The van der Waals surface area contributed by atoms with Crippen LogP contribution in [0.4, 0.5) is 0 Å². The Morgan fingerprint density at radius 3 is 2.50 bits per heavy atom. The van der Waals surface area contributed by atoms with Crippen molar-refractivity contribution >= 4 is 0 Å². The van der Waals surface area contributed by atoms with E-state index in [2.05, 4.69) is 36.3 Å². The van der Waals surface area contributed by atoms with Crippen molar-refractivity contribution in [1.29, 1.82) is 0 Å². The number of hydrogen-bond acceptors (Lipinski definition) is 3. The first kappa shape index (κ1) is 12.0. The molecule has 0 bridgehead atoms. The summed E-state index contributed by atoms with van der Waals surface area (Å²) < 4.78 is 0. The molecule has 2 unspecified atom stereocenters. The van der Waals surface area contributed by atoms with Gasteiger partial charge in [-0.05, 0) is 20.3 Å². The zero-order valence-corrected chi connectivity index (χ0v) is 9.84. The smallest absolute Gasteiger partial charge is 0.0193 e. The van der Waals surface area contributed by atoms with Gasteiger partial charge >= 0.3 is 0 Å². The second-order valence-corrected chi connectivity index (χ2v) is 4.35. The highest BCUT2D eigenvalue weighted by atomic mass is 15.2. The SMILES string of the molecule is CCC(C)NCC(C)N1CCNCC1.